The molecule has 2 spiro atoms. The summed E-state index contributed by atoms with van der Waals surface area (Å²) in [5, 5.41) is 4.72. The number of benzene rings is 10. The molecule has 4 nitrogen and oxygen atoms in total. The number of hydrogen-bond donors (Lipinski definition) is 0. The molecule has 0 fully saturated rings. The summed E-state index contributed by atoms with van der Waals surface area (Å²) in [6.45, 7) is 0. The highest BCUT2D eigenvalue weighted by Crippen LogP contribution is 2.67. The van der Waals surface area contributed by atoms with Gasteiger partial charge >= 0.3 is 0 Å². The molecular formula is C63H38N4. The molecule has 3 aliphatic rings. The van der Waals surface area contributed by atoms with Gasteiger partial charge in [0.15, 0.2) is 11.6 Å². The summed E-state index contributed by atoms with van der Waals surface area (Å²) in [5.41, 5.74) is 18.4. The Hall–Kier alpha value is -8.73. The average molecular weight is 851 g/mol. The Morgan fingerprint density at radius 1 is 0.299 bits per heavy atom. The van der Waals surface area contributed by atoms with Crippen LogP contribution in [0.2, 0.25) is 0 Å². The standard InChI is InChI=1S/C63H38N4/c1-3-20-40(21-4-1)59-64-60(41-22-5-2-6-23-41)66-61(65-59)67-56-36-35-39-19-7-8-24-42(39)58(56)47-37-55-46(38-57(47)67)45-27-11-14-30-50(45)63(55)53-33-17-15-31-51(53)62(52-32-16-18-34-54(52)63)48-28-12-9-25-43(48)44-26-10-13-29-49(44)62/h1-38H. The summed E-state index contributed by atoms with van der Waals surface area (Å²) >= 11 is 0. The second-order valence-corrected chi connectivity index (χ2v) is 18.2. The van der Waals surface area contributed by atoms with Gasteiger partial charge in [0.1, 0.15) is 0 Å². The second-order valence-electron chi connectivity index (χ2n) is 18.2. The van der Waals surface area contributed by atoms with Gasteiger partial charge in [0.05, 0.1) is 21.9 Å². The van der Waals surface area contributed by atoms with Crippen molar-refractivity contribution in [2.75, 3.05) is 0 Å². The molecule has 12 aromatic rings. The van der Waals surface area contributed by atoms with Crippen LogP contribution >= 0.6 is 0 Å². The Bertz CT molecular complexity index is 3900. The van der Waals surface area contributed by atoms with Gasteiger partial charge in [-0.25, -0.2) is 4.98 Å². The van der Waals surface area contributed by atoms with E-state index in [1.165, 1.54) is 82.9 Å². The summed E-state index contributed by atoms with van der Waals surface area (Å²) in [5.74, 6) is 1.84. The molecule has 0 radical (unpaired) electrons. The van der Waals surface area contributed by atoms with Crippen LogP contribution in [0.5, 0.6) is 0 Å². The molecule has 4 heteroatoms. The van der Waals surface area contributed by atoms with Crippen LogP contribution in [0.25, 0.3) is 83.6 Å². The predicted octanol–water partition coefficient (Wildman–Crippen LogP) is 14.5. The van der Waals surface area contributed by atoms with Gasteiger partial charge in [-0.05, 0) is 95.7 Å². The Morgan fingerprint density at radius 2 is 0.731 bits per heavy atom. The topological polar surface area (TPSA) is 43.6 Å². The van der Waals surface area contributed by atoms with E-state index in [0.29, 0.717) is 17.6 Å². The summed E-state index contributed by atoms with van der Waals surface area (Å²) in [4.78, 5) is 15.8. The number of aromatic nitrogens is 4. The van der Waals surface area contributed by atoms with Crippen LogP contribution in [0.15, 0.2) is 231 Å². The van der Waals surface area contributed by atoms with E-state index in [1.54, 1.807) is 0 Å². The van der Waals surface area contributed by atoms with Gasteiger partial charge in [0, 0.05) is 21.9 Å². The highest BCUT2D eigenvalue weighted by atomic mass is 15.2. The van der Waals surface area contributed by atoms with Gasteiger partial charge < -0.3 is 0 Å². The fourth-order valence-electron chi connectivity index (χ4n) is 12.6. The quantitative estimate of drug-likeness (QED) is 0.178. The number of fused-ring (bicyclic) bond motifs is 21. The Morgan fingerprint density at radius 3 is 1.27 bits per heavy atom. The van der Waals surface area contributed by atoms with Crippen LogP contribution in [0.1, 0.15) is 44.5 Å². The number of nitrogens with zero attached hydrogens (tertiary/aromatic N) is 4. The number of rotatable bonds is 3. The van der Waals surface area contributed by atoms with Crippen molar-refractivity contribution in [1.82, 2.24) is 19.5 Å². The molecule has 2 aromatic heterocycles. The molecule has 0 aliphatic heterocycles. The first-order valence-electron chi connectivity index (χ1n) is 23.1. The molecule has 310 valence electrons. The molecule has 15 rings (SSSR count). The van der Waals surface area contributed by atoms with Crippen LogP contribution in [-0.4, -0.2) is 19.5 Å². The third kappa shape index (κ3) is 4.64. The smallest absolute Gasteiger partial charge is 0.238 e. The Kier molecular flexibility index (Phi) is 7.33. The lowest BCUT2D eigenvalue weighted by Gasteiger charge is -2.48. The van der Waals surface area contributed by atoms with Gasteiger partial charge in [0.2, 0.25) is 5.95 Å². The lowest BCUT2D eigenvalue weighted by atomic mass is 9.52. The van der Waals surface area contributed by atoms with Crippen LogP contribution in [0.3, 0.4) is 0 Å². The summed E-state index contributed by atoms with van der Waals surface area (Å²) in [6.07, 6.45) is 0. The van der Waals surface area contributed by atoms with Gasteiger partial charge in [-0.1, -0.05) is 212 Å². The van der Waals surface area contributed by atoms with Crippen molar-refractivity contribution in [3.05, 3.63) is 275 Å². The minimum absolute atomic E-state index is 0.509. The summed E-state index contributed by atoms with van der Waals surface area (Å²) in [6, 6.07) is 84.8. The summed E-state index contributed by atoms with van der Waals surface area (Å²) < 4.78 is 2.29. The van der Waals surface area contributed by atoms with Gasteiger partial charge in [-0.3, -0.25) is 4.57 Å². The fourth-order valence-corrected chi connectivity index (χ4v) is 12.6. The Labute approximate surface area is 387 Å². The van der Waals surface area contributed by atoms with E-state index < -0.39 is 10.8 Å². The molecule has 0 saturated heterocycles. The van der Waals surface area contributed by atoms with E-state index in [0.717, 1.165) is 27.5 Å². The molecular weight excluding hydrogens is 813 g/mol. The Balaban J connectivity index is 1.09. The minimum atomic E-state index is -0.627. The monoisotopic (exact) mass is 850 g/mol. The van der Waals surface area contributed by atoms with Crippen molar-refractivity contribution in [2.24, 2.45) is 0 Å². The zero-order valence-electron chi connectivity index (χ0n) is 36.2. The molecule has 10 aromatic carbocycles. The third-order valence-electron chi connectivity index (χ3n) is 15.1. The minimum Gasteiger partial charge on any atom is -0.278 e. The molecule has 2 heterocycles. The highest BCUT2D eigenvalue weighted by molar-refractivity contribution is 6.22. The first kappa shape index (κ1) is 36.6. The highest BCUT2D eigenvalue weighted by Gasteiger charge is 2.59. The first-order valence-corrected chi connectivity index (χ1v) is 23.1. The zero-order valence-corrected chi connectivity index (χ0v) is 36.2. The van der Waals surface area contributed by atoms with Crippen LogP contribution in [0, 0.1) is 0 Å². The molecule has 3 aliphatic carbocycles. The van der Waals surface area contributed by atoms with Crippen LogP contribution in [-0.2, 0) is 10.8 Å². The maximum absolute atomic E-state index is 5.35. The van der Waals surface area contributed by atoms with Crippen molar-refractivity contribution in [1.29, 1.82) is 0 Å². The maximum atomic E-state index is 5.35. The van der Waals surface area contributed by atoms with Crippen LogP contribution in [0.4, 0.5) is 0 Å². The van der Waals surface area contributed by atoms with Crippen LogP contribution < -0.4 is 0 Å². The second kappa shape index (κ2) is 13.4. The van der Waals surface area contributed by atoms with Crippen molar-refractivity contribution in [3.63, 3.8) is 0 Å². The molecule has 0 unspecified atom stereocenters. The molecule has 0 saturated carbocycles. The van der Waals surface area contributed by atoms with E-state index in [4.69, 9.17) is 15.0 Å². The zero-order chi connectivity index (χ0) is 43.8. The van der Waals surface area contributed by atoms with Gasteiger partial charge in [-0.2, -0.15) is 9.97 Å². The molecule has 0 N–H and O–H groups in total. The van der Waals surface area contributed by atoms with Crippen molar-refractivity contribution in [3.8, 4) is 51.0 Å². The average Bonchev–Trinajstić information content (AvgIpc) is 4.00. The van der Waals surface area contributed by atoms with E-state index in [9.17, 15) is 0 Å². The molecule has 67 heavy (non-hydrogen) atoms. The normalized spacial score (nSPS) is 14.2. The van der Waals surface area contributed by atoms with Crippen molar-refractivity contribution < 1.29 is 0 Å². The van der Waals surface area contributed by atoms with E-state index in [2.05, 4.69) is 199 Å². The van der Waals surface area contributed by atoms with E-state index in [1.807, 2.05) is 36.4 Å². The van der Waals surface area contributed by atoms with Gasteiger partial charge in [-0.15, -0.1) is 0 Å². The van der Waals surface area contributed by atoms with Crippen molar-refractivity contribution in [2.45, 2.75) is 10.8 Å². The summed E-state index contributed by atoms with van der Waals surface area (Å²) in [7, 11) is 0. The molecule has 0 bridgehead atoms. The molecule has 0 amide bonds. The first-order chi connectivity index (χ1) is 33.2. The number of hydrogen-bond acceptors (Lipinski definition) is 3. The fraction of sp³-hybridized carbons (Fsp3) is 0.0317. The van der Waals surface area contributed by atoms with Gasteiger partial charge in [0.25, 0.3) is 0 Å². The lowest BCUT2D eigenvalue weighted by Crippen LogP contribution is -2.43. The third-order valence-corrected chi connectivity index (χ3v) is 15.1. The predicted molar refractivity (Wildman–Crippen MR) is 271 cm³/mol. The lowest BCUT2D eigenvalue weighted by molar-refractivity contribution is 0.633. The van der Waals surface area contributed by atoms with Crippen molar-refractivity contribution >= 4 is 32.6 Å². The maximum Gasteiger partial charge on any atom is 0.238 e. The SMILES string of the molecule is c1ccc(-c2nc(-c3ccccc3)nc(-n3c4cc5c(cc4c4c6ccccc6ccc43)C3(c4ccccc4-5)c4ccccc4C4(c5ccccc5-c5ccccc54)c4ccccc43)n2)cc1. The van der Waals surface area contributed by atoms with E-state index >= 15 is 0 Å². The largest absolute Gasteiger partial charge is 0.278 e. The van der Waals surface area contributed by atoms with E-state index in [-0.39, 0.29) is 0 Å². The molecule has 0 atom stereocenters.